The van der Waals surface area contributed by atoms with Gasteiger partial charge in [-0.25, -0.2) is 9.97 Å². The molecule has 0 atom stereocenters. The lowest BCUT2D eigenvalue weighted by Gasteiger charge is -2.12. The number of carbonyl (C=O) groups excluding carboxylic acids is 1. The number of pyridine rings is 1. The van der Waals surface area contributed by atoms with Crippen LogP contribution < -0.4 is 5.56 Å². The van der Waals surface area contributed by atoms with Crippen LogP contribution in [0.15, 0.2) is 64.7 Å². The Morgan fingerprint density at radius 3 is 2.57 bits per heavy atom. The predicted octanol–water partition coefficient (Wildman–Crippen LogP) is 4.19. The van der Waals surface area contributed by atoms with Crippen molar-refractivity contribution in [1.82, 2.24) is 19.1 Å². The highest BCUT2D eigenvalue weighted by Crippen LogP contribution is 2.23. The highest BCUT2D eigenvalue weighted by Gasteiger charge is 2.18. The fourth-order valence-corrected chi connectivity index (χ4v) is 4.56. The van der Waals surface area contributed by atoms with Crippen molar-refractivity contribution in [3.05, 3.63) is 82.0 Å². The molecular weight excluding hydrogens is 396 g/mol. The number of ketones is 1. The first-order chi connectivity index (χ1) is 14.5. The molecule has 6 nitrogen and oxygen atoms in total. The number of fused-ring (bicyclic) bond motifs is 1. The summed E-state index contributed by atoms with van der Waals surface area (Å²) in [6.45, 7) is 6.85. The minimum Gasteiger partial charge on any atom is -0.349 e. The third-order valence-electron chi connectivity index (χ3n) is 5.15. The monoisotopic (exact) mass is 418 g/mol. The zero-order valence-electron chi connectivity index (χ0n) is 17.1. The maximum atomic E-state index is 13.2. The molecule has 30 heavy (non-hydrogen) atoms. The maximum absolute atomic E-state index is 13.2. The first kappa shape index (κ1) is 20.1. The van der Waals surface area contributed by atoms with Gasteiger partial charge < -0.3 is 4.57 Å². The van der Waals surface area contributed by atoms with Crippen molar-refractivity contribution in [2.75, 3.05) is 5.75 Å². The molecule has 7 heteroatoms. The third kappa shape index (κ3) is 3.57. The fraction of sp³-hybridized carbons (Fsp3) is 0.217. The Kier molecular flexibility index (Phi) is 5.55. The number of para-hydroxylation sites is 1. The van der Waals surface area contributed by atoms with E-state index in [0.29, 0.717) is 21.9 Å². The second-order valence-corrected chi connectivity index (χ2v) is 7.93. The highest BCUT2D eigenvalue weighted by molar-refractivity contribution is 7.99. The Morgan fingerprint density at radius 2 is 1.87 bits per heavy atom. The molecule has 0 saturated heterocycles. The van der Waals surface area contributed by atoms with Crippen LogP contribution in [0.2, 0.25) is 0 Å². The number of rotatable bonds is 6. The van der Waals surface area contributed by atoms with E-state index >= 15 is 0 Å². The quantitative estimate of drug-likeness (QED) is 0.267. The molecule has 0 spiro atoms. The van der Waals surface area contributed by atoms with Crippen molar-refractivity contribution < 1.29 is 4.79 Å². The van der Waals surface area contributed by atoms with E-state index in [2.05, 4.69) is 21.5 Å². The average molecular weight is 419 g/mol. The lowest BCUT2D eigenvalue weighted by atomic mass is 10.2. The van der Waals surface area contributed by atoms with Gasteiger partial charge in [0, 0.05) is 29.7 Å². The van der Waals surface area contributed by atoms with Gasteiger partial charge in [0.25, 0.3) is 5.56 Å². The number of hydrogen-bond acceptors (Lipinski definition) is 5. The van der Waals surface area contributed by atoms with E-state index in [1.54, 1.807) is 22.9 Å². The molecule has 3 heterocycles. The number of Topliss-reactive ketones (excluding diaryl/α,β-unsaturated/α-hetero) is 1. The summed E-state index contributed by atoms with van der Waals surface area (Å²) in [5.74, 6) is 0.203. The van der Waals surface area contributed by atoms with Crippen molar-refractivity contribution in [3.63, 3.8) is 0 Å². The van der Waals surface area contributed by atoms with Crippen LogP contribution in [0.5, 0.6) is 0 Å². The number of aryl methyl sites for hydroxylation is 1. The lowest BCUT2D eigenvalue weighted by Crippen LogP contribution is -2.22. The molecule has 0 unspecified atom stereocenters. The standard InChI is InChI=1S/C23H22N4O2S/c1-4-26-15(2)13-19(16(26)3)20(28)14-30-23-25-21-18(11-8-12-24-21)22(29)27(23)17-9-6-5-7-10-17/h5-13H,4,14H2,1-3H3. The number of carbonyl (C=O) groups is 1. The fourth-order valence-electron chi connectivity index (χ4n) is 3.68. The molecule has 152 valence electrons. The first-order valence-electron chi connectivity index (χ1n) is 9.77. The summed E-state index contributed by atoms with van der Waals surface area (Å²) in [6.07, 6.45) is 1.61. The minimum atomic E-state index is -0.196. The molecule has 0 bridgehead atoms. The molecule has 0 N–H and O–H groups in total. The van der Waals surface area contributed by atoms with Gasteiger partial charge in [-0.05, 0) is 51.1 Å². The van der Waals surface area contributed by atoms with Crippen LogP contribution in [0, 0.1) is 13.8 Å². The number of benzene rings is 1. The normalized spacial score (nSPS) is 11.2. The second kappa shape index (κ2) is 8.28. The Morgan fingerprint density at radius 1 is 1.10 bits per heavy atom. The van der Waals surface area contributed by atoms with Gasteiger partial charge in [0.2, 0.25) is 0 Å². The Bertz CT molecular complexity index is 1290. The number of aromatic nitrogens is 4. The van der Waals surface area contributed by atoms with Gasteiger partial charge in [0.15, 0.2) is 16.6 Å². The number of thioether (sulfide) groups is 1. The zero-order chi connectivity index (χ0) is 21.3. The van der Waals surface area contributed by atoms with E-state index in [9.17, 15) is 9.59 Å². The van der Waals surface area contributed by atoms with Gasteiger partial charge in [0.05, 0.1) is 16.8 Å². The third-order valence-corrected chi connectivity index (χ3v) is 6.09. The topological polar surface area (TPSA) is 69.8 Å². The summed E-state index contributed by atoms with van der Waals surface area (Å²) in [7, 11) is 0. The summed E-state index contributed by atoms with van der Waals surface area (Å²) in [4.78, 5) is 35.0. The molecule has 1 aromatic carbocycles. The van der Waals surface area contributed by atoms with Crippen molar-refractivity contribution >= 4 is 28.6 Å². The molecule has 0 aliphatic heterocycles. The molecular formula is C23H22N4O2S. The molecule has 4 rings (SSSR count). The van der Waals surface area contributed by atoms with Gasteiger partial charge >= 0.3 is 0 Å². The number of nitrogens with zero attached hydrogens (tertiary/aromatic N) is 4. The smallest absolute Gasteiger partial charge is 0.268 e. The van der Waals surface area contributed by atoms with Crippen molar-refractivity contribution in [1.29, 1.82) is 0 Å². The van der Waals surface area contributed by atoms with Gasteiger partial charge in [-0.15, -0.1) is 0 Å². The van der Waals surface area contributed by atoms with E-state index in [0.717, 1.165) is 23.5 Å². The second-order valence-electron chi connectivity index (χ2n) is 6.99. The van der Waals surface area contributed by atoms with Crippen LogP contribution >= 0.6 is 11.8 Å². The van der Waals surface area contributed by atoms with Crippen LogP contribution in [-0.4, -0.2) is 30.6 Å². The van der Waals surface area contributed by atoms with Crippen LogP contribution in [0.25, 0.3) is 16.7 Å². The van der Waals surface area contributed by atoms with Gasteiger partial charge in [-0.2, -0.15) is 0 Å². The molecule has 0 fully saturated rings. The Hall–Kier alpha value is -3.19. The van der Waals surface area contributed by atoms with E-state index in [4.69, 9.17) is 0 Å². The minimum absolute atomic E-state index is 0.0165. The maximum Gasteiger partial charge on any atom is 0.268 e. The lowest BCUT2D eigenvalue weighted by molar-refractivity contribution is 0.102. The molecule has 4 aromatic rings. The molecule has 0 radical (unpaired) electrons. The molecule has 0 aliphatic carbocycles. The van der Waals surface area contributed by atoms with Crippen LogP contribution in [0.4, 0.5) is 0 Å². The molecule has 0 aliphatic rings. The summed E-state index contributed by atoms with van der Waals surface area (Å²) in [5.41, 5.74) is 3.65. The zero-order valence-corrected chi connectivity index (χ0v) is 17.9. The average Bonchev–Trinajstić information content (AvgIpc) is 3.06. The van der Waals surface area contributed by atoms with Gasteiger partial charge in [-0.3, -0.25) is 14.2 Å². The summed E-state index contributed by atoms with van der Waals surface area (Å²) in [5, 5.41) is 0.901. The number of hydrogen-bond donors (Lipinski definition) is 0. The van der Waals surface area contributed by atoms with E-state index in [-0.39, 0.29) is 17.1 Å². The Labute approximate surface area is 178 Å². The van der Waals surface area contributed by atoms with E-state index in [1.807, 2.05) is 50.2 Å². The van der Waals surface area contributed by atoms with Gasteiger partial charge in [0.1, 0.15) is 0 Å². The molecule has 0 amide bonds. The summed E-state index contributed by atoms with van der Waals surface area (Å²) < 4.78 is 3.67. The van der Waals surface area contributed by atoms with Crippen LogP contribution in [-0.2, 0) is 6.54 Å². The largest absolute Gasteiger partial charge is 0.349 e. The van der Waals surface area contributed by atoms with E-state index < -0.39 is 0 Å². The summed E-state index contributed by atoms with van der Waals surface area (Å²) in [6, 6.07) is 14.7. The first-order valence-corrected chi connectivity index (χ1v) is 10.8. The summed E-state index contributed by atoms with van der Waals surface area (Å²) >= 11 is 1.26. The Balaban J connectivity index is 1.74. The van der Waals surface area contributed by atoms with E-state index in [1.165, 1.54) is 11.8 Å². The highest BCUT2D eigenvalue weighted by atomic mass is 32.2. The SMILES string of the molecule is CCn1c(C)cc(C(=O)CSc2nc3ncccc3c(=O)n2-c2ccccc2)c1C. The predicted molar refractivity (Wildman–Crippen MR) is 120 cm³/mol. The van der Waals surface area contributed by atoms with Crippen LogP contribution in [0.1, 0.15) is 28.7 Å². The van der Waals surface area contributed by atoms with Crippen molar-refractivity contribution in [2.45, 2.75) is 32.5 Å². The van der Waals surface area contributed by atoms with Crippen molar-refractivity contribution in [3.8, 4) is 5.69 Å². The molecule has 3 aromatic heterocycles. The van der Waals surface area contributed by atoms with Crippen molar-refractivity contribution in [2.24, 2.45) is 0 Å². The molecule has 0 saturated carbocycles. The van der Waals surface area contributed by atoms with Crippen LogP contribution in [0.3, 0.4) is 0 Å². The van der Waals surface area contributed by atoms with Gasteiger partial charge in [-0.1, -0.05) is 30.0 Å².